The number of benzene rings is 1. The maximum atomic E-state index is 12.8. The Morgan fingerprint density at radius 3 is 2.72 bits per heavy atom. The molecule has 1 N–H and O–H groups in total. The van der Waals surface area contributed by atoms with E-state index in [2.05, 4.69) is 15.2 Å². The van der Waals surface area contributed by atoms with Crippen LogP contribution in [0.25, 0.3) is 0 Å². The molecule has 7 nitrogen and oxygen atoms in total. The summed E-state index contributed by atoms with van der Waals surface area (Å²) >= 11 is 0. The fraction of sp³-hybridized carbons (Fsp3) is 0.333. The molecule has 1 saturated heterocycles. The van der Waals surface area contributed by atoms with Crippen molar-refractivity contribution < 1.29 is 19.0 Å². The molecule has 2 heterocycles. The van der Waals surface area contributed by atoms with Crippen molar-refractivity contribution >= 4 is 17.4 Å². The first-order valence-electron chi connectivity index (χ1n) is 8.04. The molecule has 1 aromatic carbocycles. The lowest BCUT2D eigenvalue weighted by molar-refractivity contribution is 0.102. The summed E-state index contributed by atoms with van der Waals surface area (Å²) in [6.07, 6.45) is 1.69. The van der Waals surface area contributed by atoms with Gasteiger partial charge in [-0.05, 0) is 24.3 Å². The normalized spacial score (nSPS) is 14.1. The minimum Gasteiger partial charge on any atom is -0.497 e. The highest BCUT2D eigenvalue weighted by Gasteiger charge is 2.20. The van der Waals surface area contributed by atoms with Gasteiger partial charge in [-0.2, -0.15) is 0 Å². The molecule has 1 aliphatic heterocycles. The third kappa shape index (κ3) is 3.83. The van der Waals surface area contributed by atoms with Gasteiger partial charge in [0.05, 0.1) is 38.7 Å². The fourth-order valence-electron chi connectivity index (χ4n) is 2.69. The number of hydrogen-bond donors (Lipinski definition) is 1. The first-order chi connectivity index (χ1) is 12.2. The molecule has 7 heteroatoms. The van der Waals surface area contributed by atoms with Crippen molar-refractivity contribution in [2.75, 3.05) is 50.7 Å². The zero-order valence-electron chi connectivity index (χ0n) is 14.3. The van der Waals surface area contributed by atoms with Gasteiger partial charge in [-0.1, -0.05) is 0 Å². The van der Waals surface area contributed by atoms with Crippen LogP contribution in [0.4, 0.5) is 11.5 Å². The topological polar surface area (TPSA) is 72.9 Å². The molecule has 0 aliphatic carbocycles. The van der Waals surface area contributed by atoms with Gasteiger partial charge in [0.1, 0.15) is 17.3 Å². The number of nitrogens with one attached hydrogen (secondary N) is 1. The second-order valence-electron chi connectivity index (χ2n) is 5.49. The lowest BCUT2D eigenvalue weighted by atomic mass is 10.2. The molecule has 0 atom stereocenters. The lowest BCUT2D eigenvalue weighted by Crippen LogP contribution is -2.38. The van der Waals surface area contributed by atoms with E-state index in [1.165, 1.54) is 0 Å². The fourth-order valence-corrected chi connectivity index (χ4v) is 2.69. The zero-order valence-corrected chi connectivity index (χ0v) is 14.3. The van der Waals surface area contributed by atoms with Crippen LogP contribution in [0.15, 0.2) is 36.5 Å². The SMILES string of the molecule is COc1ccc(NC(=O)c2cccnc2N2CCOCC2)c(OC)c1. The Labute approximate surface area is 146 Å². The van der Waals surface area contributed by atoms with E-state index in [0.717, 1.165) is 0 Å². The van der Waals surface area contributed by atoms with Crippen molar-refractivity contribution in [1.29, 1.82) is 0 Å². The Morgan fingerprint density at radius 1 is 1.20 bits per heavy atom. The van der Waals surface area contributed by atoms with Crippen LogP contribution in [-0.4, -0.2) is 51.4 Å². The summed E-state index contributed by atoms with van der Waals surface area (Å²) in [5, 5.41) is 2.89. The average Bonchev–Trinajstić information content (AvgIpc) is 2.69. The van der Waals surface area contributed by atoms with Crippen LogP contribution in [0.2, 0.25) is 0 Å². The number of carbonyl (C=O) groups excluding carboxylic acids is 1. The van der Waals surface area contributed by atoms with Crippen LogP contribution in [0.3, 0.4) is 0 Å². The van der Waals surface area contributed by atoms with E-state index in [9.17, 15) is 4.79 Å². The second kappa shape index (κ2) is 7.85. The molecule has 132 valence electrons. The van der Waals surface area contributed by atoms with Crippen molar-refractivity contribution in [1.82, 2.24) is 4.98 Å². The Hall–Kier alpha value is -2.80. The van der Waals surface area contributed by atoms with Crippen molar-refractivity contribution in [3.63, 3.8) is 0 Å². The number of nitrogens with zero attached hydrogens (tertiary/aromatic N) is 2. The first-order valence-corrected chi connectivity index (χ1v) is 8.04. The molecular formula is C18H21N3O4. The zero-order chi connectivity index (χ0) is 17.6. The highest BCUT2D eigenvalue weighted by Crippen LogP contribution is 2.30. The Balaban J connectivity index is 1.84. The maximum Gasteiger partial charge on any atom is 0.259 e. The second-order valence-corrected chi connectivity index (χ2v) is 5.49. The number of hydrogen-bond acceptors (Lipinski definition) is 6. The van der Waals surface area contributed by atoms with E-state index in [1.54, 1.807) is 50.7 Å². The van der Waals surface area contributed by atoms with Gasteiger partial charge in [0, 0.05) is 25.4 Å². The molecule has 1 aromatic heterocycles. The number of anilines is 2. The number of aromatic nitrogens is 1. The van der Waals surface area contributed by atoms with Crippen LogP contribution in [0, 0.1) is 0 Å². The highest BCUT2D eigenvalue weighted by molar-refractivity contribution is 6.08. The molecule has 1 aliphatic rings. The number of carbonyl (C=O) groups is 1. The first kappa shape index (κ1) is 17.0. The third-order valence-electron chi connectivity index (χ3n) is 4.00. The number of amides is 1. The number of pyridine rings is 1. The number of rotatable bonds is 5. The standard InChI is InChI=1S/C18H21N3O4/c1-23-13-5-6-15(16(12-13)24-2)20-18(22)14-4-3-7-19-17(14)21-8-10-25-11-9-21/h3-7,12H,8-11H2,1-2H3,(H,20,22). The quantitative estimate of drug-likeness (QED) is 0.897. The van der Waals surface area contributed by atoms with Crippen molar-refractivity contribution in [2.24, 2.45) is 0 Å². The summed E-state index contributed by atoms with van der Waals surface area (Å²) in [7, 11) is 3.13. The van der Waals surface area contributed by atoms with Gasteiger partial charge in [0.2, 0.25) is 0 Å². The molecule has 0 radical (unpaired) electrons. The molecule has 1 fully saturated rings. The number of ether oxygens (including phenoxy) is 3. The maximum absolute atomic E-state index is 12.8. The van der Waals surface area contributed by atoms with E-state index in [1.807, 2.05) is 0 Å². The van der Waals surface area contributed by atoms with E-state index >= 15 is 0 Å². The average molecular weight is 343 g/mol. The molecule has 0 spiro atoms. The van der Waals surface area contributed by atoms with Crippen molar-refractivity contribution in [3.05, 3.63) is 42.1 Å². The van der Waals surface area contributed by atoms with Crippen molar-refractivity contribution in [3.8, 4) is 11.5 Å². The molecule has 2 aromatic rings. The Kier molecular flexibility index (Phi) is 5.35. The minimum atomic E-state index is -0.238. The van der Waals surface area contributed by atoms with Crippen LogP contribution in [0.5, 0.6) is 11.5 Å². The van der Waals surface area contributed by atoms with E-state index in [-0.39, 0.29) is 5.91 Å². The third-order valence-corrected chi connectivity index (χ3v) is 4.00. The van der Waals surface area contributed by atoms with Gasteiger partial charge >= 0.3 is 0 Å². The Morgan fingerprint density at radius 2 is 2.00 bits per heavy atom. The molecule has 0 bridgehead atoms. The van der Waals surface area contributed by atoms with Gasteiger partial charge in [-0.3, -0.25) is 4.79 Å². The summed E-state index contributed by atoms with van der Waals surface area (Å²) in [4.78, 5) is 19.3. The molecule has 1 amide bonds. The van der Waals surface area contributed by atoms with E-state index in [4.69, 9.17) is 14.2 Å². The van der Waals surface area contributed by atoms with Crippen LogP contribution in [-0.2, 0) is 4.74 Å². The molecule has 0 saturated carbocycles. The van der Waals surface area contributed by atoms with E-state index < -0.39 is 0 Å². The summed E-state index contributed by atoms with van der Waals surface area (Å²) in [6.45, 7) is 2.68. The summed E-state index contributed by atoms with van der Waals surface area (Å²) < 4.78 is 15.9. The van der Waals surface area contributed by atoms with Crippen LogP contribution < -0.4 is 19.7 Å². The summed E-state index contributed by atoms with van der Waals surface area (Å²) in [5.41, 5.74) is 1.09. The monoisotopic (exact) mass is 343 g/mol. The molecule has 3 rings (SSSR count). The van der Waals surface area contributed by atoms with Gasteiger partial charge in [0.25, 0.3) is 5.91 Å². The molecule has 0 unspecified atom stereocenters. The number of methoxy groups -OCH3 is 2. The van der Waals surface area contributed by atoms with Crippen LogP contribution in [0.1, 0.15) is 10.4 Å². The number of morpholine rings is 1. The Bertz CT molecular complexity index is 745. The molecule has 25 heavy (non-hydrogen) atoms. The van der Waals surface area contributed by atoms with Gasteiger partial charge in [-0.15, -0.1) is 0 Å². The molecular weight excluding hydrogens is 322 g/mol. The van der Waals surface area contributed by atoms with Crippen LogP contribution >= 0.6 is 0 Å². The van der Waals surface area contributed by atoms with Gasteiger partial charge in [-0.25, -0.2) is 4.98 Å². The van der Waals surface area contributed by atoms with Crippen molar-refractivity contribution in [2.45, 2.75) is 0 Å². The predicted molar refractivity (Wildman–Crippen MR) is 94.8 cm³/mol. The predicted octanol–water partition coefficient (Wildman–Crippen LogP) is 2.19. The van der Waals surface area contributed by atoms with E-state index in [0.29, 0.717) is 54.9 Å². The van der Waals surface area contributed by atoms with Gasteiger partial charge in [0.15, 0.2) is 0 Å². The summed E-state index contributed by atoms with van der Waals surface area (Å²) in [6, 6.07) is 8.76. The smallest absolute Gasteiger partial charge is 0.259 e. The highest BCUT2D eigenvalue weighted by atomic mass is 16.5. The van der Waals surface area contributed by atoms with Gasteiger partial charge < -0.3 is 24.4 Å². The summed E-state index contributed by atoms with van der Waals surface area (Å²) in [5.74, 6) is 1.61. The largest absolute Gasteiger partial charge is 0.497 e. The minimum absolute atomic E-state index is 0.238. The lowest BCUT2D eigenvalue weighted by Gasteiger charge is -2.29.